The summed E-state index contributed by atoms with van der Waals surface area (Å²) in [6.45, 7) is 2.22. The van der Waals surface area contributed by atoms with Gasteiger partial charge in [-0.1, -0.05) is 24.9 Å². The summed E-state index contributed by atoms with van der Waals surface area (Å²) in [4.78, 5) is 1.29. The minimum absolute atomic E-state index is 0.607. The van der Waals surface area contributed by atoms with Crippen LogP contribution in [0.4, 0.5) is 0 Å². The Morgan fingerprint density at radius 2 is 2.00 bits per heavy atom. The SMILES string of the molecule is CCCC(CSc1ccc(Cl)cc1)NC. The van der Waals surface area contributed by atoms with Gasteiger partial charge in [-0.2, -0.15) is 0 Å². The first-order chi connectivity index (χ1) is 7.26. The molecular formula is C12H18ClNS. The molecule has 1 rings (SSSR count). The lowest BCUT2D eigenvalue weighted by molar-refractivity contribution is 0.565. The van der Waals surface area contributed by atoms with E-state index in [4.69, 9.17) is 11.6 Å². The van der Waals surface area contributed by atoms with Crippen LogP contribution in [0, 0.1) is 0 Å². The van der Waals surface area contributed by atoms with E-state index in [1.54, 1.807) is 0 Å². The van der Waals surface area contributed by atoms with Crippen LogP contribution in [-0.4, -0.2) is 18.8 Å². The first kappa shape index (κ1) is 12.9. The zero-order valence-electron chi connectivity index (χ0n) is 9.29. The summed E-state index contributed by atoms with van der Waals surface area (Å²) in [6, 6.07) is 8.64. The Hall–Kier alpha value is -0.180. The summed E-state index contributed by atoms with van der Waals surface area (Å²) in [5.41, 5.74) is 0. The van der Waals surface area contributed by atoms with E-state index in [0.717, 1.165) is 10.8 Å². The lowest BCUT2D eigenvalue weighted by atomic mass is 10.2. The quantitative estimate of drug-likeness (QED) is 0.763. The van der Waals surface area contributed by atoms with Crippen molar-refractivity contribution in [3.05, 3.63) is 29.3 Å². The minimum atomic E-state index is 0.607. The number of nitrogens with one attached hydrogen (secondary N) is 1. The van der Waals surface area contributed by atoms with Crippen molar-refractivity contribution in [1.82, 2.24) is 5.32 Å². The van der Waals surface area contributed by atoms with Gasteiger partial charge in [0.05, 0.1) is 0 Å². The van der Waals surface area contributed by atoms with Crippen LogP contribution in [0.1, 0.15) is 19.8 Å². The molecule has 0 radical (unpaired) electrons. The van der Waals surface area contributed by atoms with E-state index in [2.05, 4.69) is 24.4 Å². The highest BCUT2D eigenvalue weighted by atomic mass is 35.5. The van der Waals surface area contributed by atoms with Crippen LogP contribution in [0.2, 0.25) is 5.02 Å². The van der Waals surface area contributed by atoms with E-state index in [9.17, 15) is 0 Å². The van der Waals surface area contributed by atoms with Crippen LogP contribution >= 0.6 is 23.4 Å². The van der Waals surface area contributed by atoms with Gasteiger partial charge in [-0.25, -0.2) is 0 Å². The fourth-order valence-electron chi connectivity index (χ4n) is 1.39. The summed E-state index contributed by atoms with van der Waals surface area (Å²) >= 11 is 7.71. The molecule has 0 saturated carbocycles. The zero-order chi connectivity index (χ0) is 11.1. The van der Waals surface area contributed by atoms with Crippen molar-refractivity contribution in [3.8, 4) is 0 Å². The van der Waals surface area contributed by atoms with Gasteiger partial charge in [-0.3, -0.25) is 0 Å². The van der Waals surface area contributed by atoms with Crippen molar-refractivity contribution in [1.29, 1.82) is 0 Å². The molecule has 0 aromatic heterocycles. The molecule has 0 bridgehead atoms. The van der Waals surface area contributed by atoms with Gasteiger partial charge >= 0.3 is 0 Å². The molecule has 1 unspecified atom stereocenters. The Labute approximate surface area is 102 Å². The molecule has 84 valence electrons. The molecule has 15 heavy (non-hydrogen) atoms. The monoisotopic (exact) mass is 243 g/mol. The molecule has 0 aliphatic heterocycles. The van der Waals surface area contributed by atoms with Crippen LogP contribution in [0.3, 0.4) is 0 Å². The van der Waals surface area contributed by atoms with Gasteiger partial charge in [0.15, 0.2) is 0 Å². The topological polar surface area (TPSA) is 12.0 Å². The molecule has 0 saturated heterocycles. The average Bonchev–Trinajstić information content (AvgIpc) is 2.26. The van der Waals surface area contributed by atoms with Gasteiger partial charge in [0.1, 0.15) is 0 Å². The highest BCUT2D eigenvalue weighted by Crippen LogP contribution is 2.21. The number of benzene rings is 1. The second kappa shape index (κ2) is 7.15. The molecule has 1 N–H and O–H groups in total. The largest absolute Gasteiger partial charge is 0.316 e. The molecule has 0 aliphatic carbocycles. The molecule has 1 aromatic carbocycles. The maximum Gasteiger partial charge on any atom is 0.0406 e. The fraction of sp³-hybridized carbons (Fsp3) is 0.500. The van der Waals surface area contributed by atoms with Gasteiger partial charge in [-0.05, 0) is 37.7 Å². The number of rotatable bonds is 6. The van der Waals surface area contributed by atoms with Crippen molar-refractivity contribution in [2.24, 2.45) is 0 Å². The Morgan fingerprint density at radius 3 is 2.53 bits per heavy atom. The third-order valence-corrected chi connectivity index (χ3v) is 3.74. The van der Waals surface area contributed by atoms with Crippen molar-refractivity contribution in [2.45, 2.75) is 30.7 Å². The first-order valence-corrected chi connectivity index (χ1v) is 6.68. The predicted octanol–water partition coefficient (Wildman–Crippen LogP) is 3.82. The van der Waals surface area contributed by atoms with E-state index < -0.39 is 0 Å². The van der Waals surface area contributed by atoms with Crippen molar-refractivity contribution in [2.75, 3.05) is 12.8 Å². The van der Waals surface area contributed by atoms with E-state index in [1.165, 1.54) is 17.7 Å². The van der Waals surface area contributed by atoms with E-state index in [1.807, 2.05) is 30.9 Å². The molecule has 1 nitrogen and oxygen atoms in total. The summed E-state index contributed by atoms with van der Waals surface area (Å²) in [5.74, 6) is 1.12. The first-order valence-electron chi connectivity index (χ1n) is 5.32. The second-order valence-corrected chi connectivity index (χ2v) is 5.07. The lowest BCUT2D eigenvalue weighted by Crippen LogP contribution is -2.27. The van der Waals surface area contributed by atoms with Crippen molar-refractivity contribution in [3.63, 3.8) is 0 Å². The van der Waals surface area contributed by atoms with Crippen LogP contribution < -0.4 is 5.32 Å². The maximum atomic E-state index is 5.83. The minimum Gasteiger partial charge on any atom is -0.316 e. The van der Waals surface area contributed by atoms with Crippen LogP contribution in [-0.2, 0) is 0 Å². The summed E-state index contributed by atoms with van der Waals surface area (Å²) in [5, 5.41) is 4.14. The zero-order valence-corrected chi connectivity index (χ0v) is 10.9. The summed E-state index contributed by atoms with van der Waals surface area (Å²) in [7, 11) is 2.03. The predicted molar refractivity (Wildman–Crippen MR) is 69.9 cm³/mol. The molecule has 1 aromatic rings. The van der Waals surface area contributed by atoms with Crippen molar-refractivity contribution < 1.29 is 0 Å². The molecule has 0 heterocycles. The summed E-state index contributed by atoms with van der Waals surface area (Å²) < 4.78 is 0. The molecule has 1 atom stereocenters. The van der Waals surface area contributed by atoms with Crippen molar-refractivity contribution >= 4 is 23.4 Å². The van der Waals surface area contributed by atoms with Gasteiger partial charge < -0.3 is 5.32 Å². The van der Waals surface area contributed by atoms with E-state index >= 15 is 0 Å². The molecule has 0 aliphatic rings. The Kier molecular flexibility index (Phi) is 6.15. The average molecular weight is 244 g/mol. The van der Waals surface area contributed by atoms with Gasteiger partial charge in [0.2, 0.25) is 0 Å². The lowest BCUT2D eigenvalue weighted by Gasteiger charge is -2.14. The van der Waals surface area contributed by atoms with Crippen LogP contribution in [0.25, 0.3) is 0 Å². The number of thioether (sulfide) groups is 1. The molecule has 0 fully saturated rings. The fourth-order valence-corrected chi connectivity index (χ4v) is 2.57. The Morgan fingerprint density at radius 1 is 1.33 bits per heavy atom. The van der Waals surface area contributed by atoms with Gasteiger partial charge in [0.25, 0.3) is 0 Å². The van der Waals surface area contributed by atoms with Crippen LogP contribution in [0.15, 0.2) is 29.2 Å². The molecule has 0 amide bonds. The Balaban J connectivity index is 2.38. The standard InChI is InChI=1S/C12H18ClNS/c1-3-4-11(14-2)9-15-12-7-5-10(13)6-8-12/h5-8,11,14H,3-4,9H2,1-2H3. The summed E-state index contributed by atoms with van der Waals surface area (Å²) in [6.07, 6.45) is 2.46. The molecule has 0 spiro atoms. The highest BCUT2D eigenvalue weighted by Gasteiger charge is 2.04. The normalized spacial score (nSPS) is 12.7. The molecular weight excluding hydrogens is 226 g/mol. The number of hydrogen-bond donors (Lipinski definition) is 1. The second-order valence-electron chi connectivity index (χ2n) is 3.54. The van der Waals surface area contributed by atoms with E-state index in [0.29, 0.717) is 6.04 Å². The Bertz CT molecular complexity index is 273. The smallest absolute Gasteiger partial charge is 0.0406 e. The molecule has 3 heteroatoms. The number of hydrogen-bond acceptors (Lipinski definition) is 2. The van der Waals surface area contributed by atoms with E-state index in [-0.39, 0.29) is 0 Å². The number of halogens is 1. The third kappa shape index (κ3) is 4.92. The van der Waals surface area contributed by atoms with Gasteiger partial charge in [-0.15, -0.1) is 11.8 Å². The van der Waals surface area contributed by atoms with Gasteiger partial charge in [0, 0.05) is 21.7 Å². The third-order valence-electron chi connectivity index (χ3n) is 2.31. The highest BCUT2D eigenvalue weighted by molar-refractivity contribution is 7.99. The maximum absolute atomic E-state index is 5.83. The van der Waals surface area contributed by atoms with Crippen LogP contribution in [0.5, 0.6) is 0 Å².